The molecule has 2 aromatic carbocycles. The Labute approximate surface area is 183 Å². The first kappa shape index (κ1) is 22.6. The van der Waals surface area contributed by atoms with Crippen molar-refractivity contribution in [2.45, 2.75) is 53.1 Å². The molecule has 2 atom stereocenters. The molecule has 0 aliphatic carbocycles. The van der Waals surface area contributed by atoms with Gasteiger partial charge in [0, 0.05) is 23.7 Å². The summed E-state index contributed by atoms with van der Waals surface area (Å²) in [6, 6.07) is 14.9. The monoisotopic (exact) mass is 422 g/mol. The SMILES string of the molecule is CC(C)Cc1ccc([C@H](N[C@@H](C)c2nnc(-c3ccc([N+](=O)[O-])cc3)o2)C(C)C)cc1. The minimum absolute atomic E-state index is 0.0257. The number of nitrogens with one attached hydrogen (secondary N) is 1. The van der Waals surface area contributed by atoms with E-state index in [9.17, 15) is 10.1 Å². The molecule has 0 spiro atoms. The molecule has 0 amide bonds. The fraction of sp³-hybridized carbons (Fsp3) is 0.417. The van der Waals surface area contributed by atoms with Crippen molar-refractivity contribution in [3.63, 3.8) is 0 Å². The highest BCUT2D eigenvalue weighted by atomic mass is 16.6. The molecule has 0 aliphatic heterocycles. The van der Waals surface area contributed by atoms with E-state index < -0.39 is 4.92 Å². The Kier molecular flexibility index (Phi) is 7.17. The Morgan fingerprint density at radius 3 is 2.16 bits per heavy atom. The molecule has 0 fully saturated rings. The van der Waals surface area contributed by atoms with E-state index >= 15 is 0 Å². The first-order valence-electron chi connectivity index (χ1n) is 10.7. The normalized spacial score (nSPS) is 13.5. The van der Waals surface area contributed by atoms with Crippen molar-refractivity contribution in [1.82, 2.24) is 15.5 Å². The van der Waals surface area contributed by atoms with E-state index in [1.165, 1.54) is 23.3 Å². The summed E-state index contributed by atoms with van der Waals surface area (Å²) in [5, 5.41) is 22.8. The predicted molar refractivity (Wildman–Crippen MR) is 121 cm³/mol. The van der Waals surface area contributed by atoms with Crippen molar-refractivity contribution in [3.8, 4) is 11.5 Å². The first-order chi connectivity index (χ1) is 14.7. The lowest BCUT2D eigenvalue weighted by Gasteiger charge is -2.26. The van der Waals surface area contributed by atoms with Gasteiger partial charge in [0.05, 0.1) is 11.0 Å². The smallest absolute Gasteiger partial charge is 0.269 e. The van der Waals surface area contributed by atoms with E-state index in [4.69, 9.17) is 4.42 Å². The third-order valence-electron chi connectivity index (χ3n) is 5.22. The lowest BCUT2D eigenvalue weighted by molar-refractivity contribution is -0.384. The third-order valence-corrected chi connectivity index (χ3v) is 5.22. The fourth-order valence-electron chi connectivity index (χ4n) is 3.60. The minimum Gasteiger partial charge on any atom is -0.419 e. The van der Waals surface area contributed by atoms with Crippen molar-refractivity contribution in [2.24, 2.45) is 11.8 Å². The summed E-state index contributed by atoms with van der Waals surface area (Å²) in [7, 11) is 0. The van der Waals surface area contributed by atoms with Gasteiger partial charge in [0.25, 0.3) is 5.69 Å². The van der Waals surface area contributed by atoms with Crippen molar-refractivity contribution in [1.29, 1.82) is 0 Å². The van der Waals surface area contributed by atoms with Crippen LogP contribution in [0.25, 0.3) is 11.5 Å². The molecule has 1 heterocycles. The standard InChI is InChI=1S/C24H30N4O3/c1-15(2)14-18-6-8-19(9-7-18)22(16(3)4)25-17(5)23-26-27-24(31-23)20-10-12-21(13-11-20)28(29)30/h6-13,15-17,22,25H,14H2,1-5H3/t17-,22+/m0/s1. The number of non-ortho nitro benzene ring substituents is 1. The zero-order chi connectivity index (χ0) is 22.5. The maximum absolute atomic E-state index is 10.8. The van der Waals surface area contributed by atoms with Gasteiger partial charge in [-0.3, -0.25) is 15.4 Å². The number of hydrogen-bond acceptors (Lipinski definition) is 6. The van der Waals surface area contributed by atoms with Crippen LogP contribution in [-0.4, -0.2) is 15.1 Å². The quantitative estimate of drug-likeness (QED) is 0.341. The topological polar surface area (TPSA) is 94.1 Å². The molecule has 0 radical (unpaired) electrons. The van der Waals surface area contributed by atoms with Gasteiger partial charge in [0.15, 0.2) is 0 Å². The molecule has 31 heavy (non-hydrogen) atoms. The highest BCUT2D eigenvalue weighted by molar-refractivity contribution is 5.55. The average Bonchev–Trinajstić information content (AvgIpc) is 3.22. The Hall–Kier alpha value is -3.06. The summed E-state index contributed by atoms with van der Waals surface area (Å²) < 4.78 is 5.86. The molecular formula is C24H30N4O3. The van der Waals surface area contributed by atoms with Crippen molar-refractivity contribution in [3.05, 3.63) is 75.7 Å². The lowest BCUT2D eigenvalue weighted by Crippen LogP contribution is -2.28. The van der Waals surface area contributed by atoms with E-state index in [0.29, 0.717) is 29.2 Å². The second-order valence-electron chi connectivity index (χ2n) is 8.70. The van der Waals surface area contributed by atoms with Crippen molar-refractivity contribution >= 4 is 5.69 Å². The average molecular weight is 423 g/mol. The van der Waals surface area contributed by atoms with E-state index in [-0.39, 0.29) is 17.8 Å². The van der Waals surface area contributed by atoms with Gasteiger partial charge in [-0.05, 0) is 48.4 Å². The van der Waals surface area contributed by atoms with Crippen LogP contribution < -0.4 is 5.32 Å². The van der Waals surface area contributed by atoms with Crippen LogP contribution in [0.15, 0.2) is 52.9 Å². The summed E-state index contributed by atoms with van der Waals surface area (Å²) >= 11 is 0. The van der Waals surface area contributed by atoms with E-state index in [1.807, 2.05) is 6.92 Å². The molecule has 7 nitrogen and oxygen atoms in total. The molecule has 1 aromatic heterocycles. The molecule has 164 valence electrons. The van der Waals surface area contributed by atoms with Gasteiger partial charge in [-0.15, -0.1) is 10.2 Å². The predicted octanol–water partition coefficient (Wildman–Crippen LogP) is 5.89. The van der Waals surface area contributed by atoms with Crippen LogP contribution in [0, 0.1) is 22.0 Å². The van der Waals surface area contributed by atoms with Gasteiger partial charge in [0.1, 0.15) is 0 Å². The van der Waals surface area contributed by atoms with Gasteiger partial charge in [-0.25, -0.2) is 0 Å². The highest BCUT2D eigenvalue weighted by Gasteiger charge is 2.22. The van der Waals surface area contributed by atoms with Crippen molar-refractivity contribution in [2.75, 3.05) is 0 Å². The summed E-state index contributed by atoms with van der Waals surface area (Å²) in [6.45, 7) is 10.8. The maximum atomic E-state index is 10.8. The lowest BCUT2D eigenvalue weighted by atomic mass is 9.93. The first-order valence-corrected chi connectivity index (χ1v) is 10.7. The van der Waals surface area contributed by atoms with Crippen LogP contribution in [0.4, 0.5) is 5.69 Å². The molecule has 0 aliphatic rings. The summed E-state index contributed by atoms with van der Waals surface area (Å²) in [5.41, 5.74) is 3.25. The van der Waals surface area contributed by atoms with Gasteiger partial charge < -0.3 is 4.42 Å². The van der Waals surface area contributed by atoms with Crippen LogP contribution in [0.1, 0.15) is 63.7 Å². The second kappa shape index (κ2) is 9.83. The van der Waals surface area contributed by atoms with Crippen LogP contribution in [0.3, 0.4) is 0 Å². The van der Waals surface area contributed by atoms with Crippen LogP contribution >= 0.6 is 0 Å². The molecule has 7 heteroatoms. The Morgan fingerprint density at radius 1 is 0.968 bits per heavy atom. The van der Waals surface area contributed by atoms with Crippen LogP contribution in [0.5, 0.6) is 0 Å². The fourth-order valence-corrected chi connectivity index (χ4v) is 3.60. The van der Waals surface area contributed by atoms with Crippen molar-refractivity contribution < 1.29 is 9.34 Å². The molecule has 3 aromatic rings. The molecule has 0 saturated heterocycles. The third kappa shape index (κ3) is 5.76. The number of hydrogen-bond donors (Lipinski definition) is 1. The number of aromatic nitrogens is 2. The van der Waals surface area contributed by atoms with Gasteiger partial charge in [-0.1, -0.05) is 52.0 Å². The van der Waals surface area contributed by atoms with E-state index in [1.54, 1.807) is 12.1 Å². The molecule has 1 N–H and O–H groups in total. The maximum Gasteiger partial charge on any atom is 0.269 e. The number of nitro groups is 1. The van der Waals surface area contributed by atoms with Crippen LogP contribution in [-0.2, 0) is 6.42 Å². The zero-order valence-corrected chi connectivity index (χ0v) is 18.7. The number of benzene rings is 2. The summed E-state index contributed by atoms with van der Waals surface area (Å²) in [6.07, 6.45) is 1.07. The summed E-state index contributed by atoms with van der Waals surface area (Å²) in [4.78, 5) is 10.4. The number of nitro benzene ring substituents is 1. The van der Waals surface area contributed by atoms with Gasteiger partial charge >= 0.3 is 0 Å². The number of nitrogens with zero attached hydrogens (tertiary/aromatic N) is 3. The molecule has 3 rings (SSSR count). The Balaban J connectivity index is 1.72. The number of rotatable bonds is 9. The highest BCUT2D eigenvalue weighted by Crippen LogP contribution is 2.28. The molecule has 0 bridgehead atoms. The minimum atomic E-state index is -0.434. The van der Waals surface area contributed by atoms with E-state index in [2.05, 4.69) is 67.5 Å². The Bertz CT molecular complexity index is 994. The molecule has 0 unspecified atom stereocenters. The summed E-state index contributed by atoms with van der Waals surface area (Å²) in [5.74, 6) is 1.83. The van der Waals surface area contributed by atoms with Gasteiger partial charge in [0.2, 0.25) is 11.8 Å². The molecular weight excluding hydrogens is 392 g/mol. The second-order valence-corrected chi connectivity index (χ2v) is 8.70. The van der Waals surface area contributed by atoms with Crippen LogP contribution in [0.2, 0.25) is 0 Å². The largest absolute Gasteiger partial charge is 0.419 e. The van der Waals surface area contributed by atoms with Gasteiger partial charge in [-0.2, -0.15) is 0 Å². The Morgan fingerprint density at radius 2 is 1.61 bits per heavy atom. The molecule has 0 saturated carbocycles. The zero-order valence-electron chi connectivity index (χ0n) is 18.7. The van der Waals surface area contributed by atoms with E-state index in [0.717, 1.165) is 6.42 Å².